The summed E-state index contributed by atoms with van der Waals surface area (Å²) < 4.78 is 0. The second kappa shape index (κ2) is 6.62. The van der Waals surface area contributed by atoms with E-state index in [2.05, 4.69) is 9.97 Å². The molecule has 3 aromatic rings. The predicted octanol–water partition coefficient (Wildman–Crippen LogP) is 3.82. The highest BCUT2D eigenvalue weighted by Gasteiger charge is 2.09. The number of aromatic nitrogens is 2. The number of hydrogen-bond acceptors (Lipinski definition) is 3. The van der Waals surface area contributed by atoms with E-state index in [1.807, 2.05) is 67.6 Å². The predicted molar refractivity (Wildman–Crippen MR) is 89.4 cm³/mol. The Hall–Kier alpha value is -2.33. The van der Waals surface area contributed by atoms with Gasteiger partial charge >= 0.3 is 0 Å². The summed E-state index contributed by atoms with van der Waals surface area (Å²) in [5.41, 5.74) is 2.59. The van der Waals surface area contributed by atoms with E-state index in [1.165, 1.54) is 11.8 Å². The molecule has 4 heteroatoms. The monoisotopic (exact) mass is 308 g/mol. The first-order valence-electron chi connectivity index (χ1n) is 7.09. The quantitative estimate of drug-likeness (QED) is 0.745. The van der Waals surface area contributed by atoms with Crippen molar-refractivity contribution in [3.63, 3.8) is 0 Å². The van der Waals surface area contributed by atoms with Crippen molar-refractivity contribution >= 4 is 11.8 Å². The molecule has 1 heterocycles. The van der Waals surface area contributed by atoms with Crippen LogP contribution >= 0.6 is 11.8 Å². The van der Waals surface area contributed by atoms with Gasteiger partial charge in [0.15, 0.2) is 5.16 Å². The number of benzene rings is 2. The molecule has 0 unspecified atom stereocenters. The van der Waals surface area contributed by atoms with Crippen LogP contribution in [-0.4, -0.2) is 9.97 Å². The summed E-state index contributed by atoms with van der Waals surface area (Å²) in [6.45, 7) is 1.82. The van der Waals surface area contributed by atoms with E-state index < -0.39 is 0 Å². The molecule has 2 aromatic carbocycles. The molecule has 0 spiro atoms. The molecular formula is C18H16N2OS. The van der Waals surface area contributed by atoms with Crippen molar-refractivity contribution in [3.8, 4) is 0 Å². The zero-order valence-electron chi connectivity index (χ0n) is 12.2. The molecule has 3 rings (SSSR count). The van der Waals surface area contributed by atoms with E-state index in [0.29, 0.717) is 17.1 Å². The Morgan fingerprint density at radius 2 is 1.64 bits per heavy atom. The molecule has 0 bridgehead atoms. The van der Waals surface area contributed by atoms with Gasteiger partial charge in [-0.15, -0.1) is 0 Å². The second-order valence-corrected chi connectivity index (χ2v) is 6.08. The lowest BCUT2D eigenvalue weighted by Gasteiger charge is -2.07. The number of aromatic amines is 1. The number of rotatable bonds is 4. The molecule has 1 N–H and O–H groups in total. The third-order valence-electron chi connectivity index (χ3n) is 3.40. The molecule has 0 saturated heterocycles. The molecular weight excluding hydrogens is 292 g/mol. The fourth-order valence-corrected chi connectivity index (χ4v) is 2.98. The van der Waals surface area contributed by atoms with Gasteiger partial charge < -0.3 is 4.98 Å². The number of nitrogens with zero attached hydrogens (tertiary/aromatic N) is 1. The minimum Gasteiger partial charge on any atom is -0.301 e. The standard InChI is InChI=1S/C18H16N2OS/c1-13-16(12-14-8-4-2-5-9-14)19-18(20-17(13)21)22-15-10-6-3-7-11-15/h2-11H,12H2,1H3,(H,19,20,21). The van der Waals surface area contributed by atoms with Crippen LogP contribution in [-0.2, 0) is 6.42 Å². The number of H-pyrrole nitrogens is 1. The maximum atomic E-state index is 12.1. The Morgan fingerprint density at radius 1 is 1.00 bits per heavy atom. The van der Waals surface area contributed by atoms with Gasteiger partial charge in [-0.2, -0.15) is 0 Å². The van der Waals surface area contributed by atoms with Crippen molar-refractivity contribution in [2.24, 2.45) is 0 Å². The van der Waals surface area contributed by atoms with E-state index >= 15 is 0 Å². The lowest BCUT2D eigenvalue weighted by Crippen LogP contribution is -2.16. The van der Waals surface area contributed by atoms with Gasteiger partial charge in [-0.3, -0.25) is 4.79 Å². The molecule has 0 aliphatic rings. The number of nitrogens with one attached hydrogen (secondary N) is 1. The van der Waals surface area contributed by atoms with E-state index in [0.717, 1.165) is 16.2 Å². The fourth-order valence-electron chi connectivity index (χ4n) is 2.17. The van der Waals surface area contributed by atoms with E-state index in [1.54, 1.807) is 0 Å². The fraction of sp³-hybridized carbons (Fsp3) is 0.111. The van der Waals surface area contributed by atoms with Crippen LogP contribution in [0.25, 0.3) is 0 Å². The summed E-state index contributed by atoms with van der Waals surface area (Å²) in [5.74, 6) is 0. The van der Waals surface area contributed by atoms with Crippen molar-refractivity contribution in [2.45, 2.75) is 23.4 Å². The van der Waals surface area contributed by atoms with Crippen LogP contribution in [0.1, 0.15) is 16.8 Å². The Labute approximate surface area is 133 Å². The normalized spacial score (nSPS) is 10.6. The van der Waals surface area contributed by atoms with Gasteiger partial charge in [0.2, 0.25) is 0 Å². The van der Waals surface area contributed by atoms with Crippen molar-refractivity contribution in [1.29, 1.82) is 0 Å². The van der Waals surface area contributed by atoms with Gasteiger partial charge in [-0.05, 0) is 24.6 Å². The summed E-state index contributed by atoms with van der Waals surface area (Å²) in [4.78, 5) is 20.7. The second-order valence-electron chi connectivity index (χ2n) is 5.02. The average Bonchev–Trinajstić information content (AvgIpc) is 2.54. The van der Waals surface area contributed by atoms with Gasteiger partial charge in [0.1, 0.15) is 0 Å². The lowest BCUT2D eigenvalue weighted by molar-refractivity contribution is 0.858. The van der Waals surface area contributed by atoms with Gasteiger partial charge in [0, 0.05) is 16.9 Å². The topological polar surface area (TPSA) is 45.8 Å². The lowest BCUT2D eigenvalue weighted by atomic mass is 10.1. The minimum absolute atomic E-state index is 0.0700. The van der Waals surface area contributed by atoms with Crippen LogP contribution in [0.4, 0.5) is 0 Å². The molecule has 110 valence electrons. The van der Waals surface area contributed by atoms with Gasteiger partial charge in [-0.1, -0.05) is 60.3 Å². The first-order valence-corrected chi connectivity index (χ1v) is 7.90. The van der Waals surface area contributed by atoms with Crippen molar-refractivity contribution in [1.82, 2.24) is 9.97 Å². The molecule has 0 amide bonds. The van der Waals surface area contributed by atoms with Gasteiger partial charge in [0.05, 0.1) is 5.69 Å². The molecule has 0 saturated carbocycles. The Morgan fingerprint density at radius 3 is 2.32 bits per heavy atom. The van der Waals surface area contributed by atoms with E-state index in [4.69, 9.17) is 0 Å². The van der Waals surface area contributed by atoms with Crippen LogP contribution < -0.4 is 5.56 Å². The average molecular weight is 308 g/mol. The van der Waals surface area contributed by atoms with Gasteiger partial charge in [0.25, 0.3) is 5.56 Å². The zero-order chi connectivity index (χ0) is 15.4. The largest absolute Gasteiger partial charge is 0.301 e. The zero-order valence-corrected chi connectivity index (χ0v) is 13.1. The summed E-state index contributed by atoms with van der Waals surface area (Å²) in [6.07, 6.45) is 0.666. The van der Waals surface area contributed by atoms with E-state index in [-0.39, 0.29) is 5.56 Å². The Bertz CT molecular complexity index is 813. The first kappa shape index (κ1) is 14.6. The third kappa shape index (κ3) is 3.46. The highest BCUT2D eigenvalue weighted by molar-refractivity contribution is 7.99. The smallest absolute Gasteiger partial charge is 0.254 e. The summed E-state index contributed by atoms with van der Waals surface area (Å²) >= 11 is 1.47. The van der Waals surface area contributed by atoms with Crippen LogP contribution in [0.15, 0.2) is 75.5 Å². The highest BCUT2D eigenvalue weighted by Crippen LogP contribution is 2.24. The first-order chi connectivity index (χ1) is 10.7. The van der Waals surface area contributed by atoms with Crippen LogP contribution in [0.3, 0.4) is 0 Å². The molecule has 22 heavy (non-hydrogen) atoms. The van der Waals surface area contributed by atoms with Crippen molar-refractivity contribution < 1.29 is 0 Å². The molecule has 0 atom stereocenters. The van der Waals surface area contributed by atoms with Crippen LogP contribution in [0.5, 0.6) is 0 Å². The number of hydrogen-bond donors (Lipinski definition) is 1. The highest BCUT2D eigenvalue weighted by atomic mass is 32.2. The summed E-state index contributed by atoms with van der Waals surface area (Å²) in [7, 11) is 0. The molecule has 3 nitrogen and oxygen atoms in total. The Kier molecular flexibility index (Phi) is 4.39. The molecule has 0 aliphatic heterocycles. The van der Waals surface area contributed by atoms with Crippen LogP contribution in [0.2, 0.25) is 0 Å². The summed E-state index contributed by atoms with van der Waals surface area (Å²) in [5, 5.41) is 0.632. The maximum absolute atomic E-state index is 12.1. The Balaban J connectivity index is 1.92. The summed E-state index contributed by atoms with van der Waals surface area (Å²) in [6, 6.07) is 20.0. The van der Waals surface area contributed by atoms with E-state index in [9.17, 15) is 4.79 Å². The third-order valence-corrected chi connectivity index (χ3v) is 4.30. The molecule has 0 fully saturated rings. The SMILES string of the molecule is Cc1c(Cc2ccccc2)nc(Sc2ccccc2)[nH]c1=O. The molecule has 0 radical (unpaired) electrons. The molecule has 1 aromatic heterocycles. The maximum Gasteiger partial charge on any atom is 0.254 e. The van der Waals surface area contributed by atoms with Crippen LogP contribution in [0, 0.1) is 6.92 Å². The minimum atomic E-state index is -0.0700. The molecule has 0 aliphatic carbocycles. The van der Waals surface area contributed by atoms with Crippen molar-refractivity contribution in [2.75, 3.05) is 0 Å². The van der Waals surface area contributed by atoms with Crippen molar-refractivity contribution in [3.05, 3.63) is 87.8 Å². The van der Waals surface area contributed by atoms with Gasteiger partial charge in [-0.25, -0.2) is 4.98 Å².